The second-order valence-electron chi connectivity index (χ2n) is 5.05. The molecule has 118 valence electrons. The predicted octanol–water partition coefficient (Wildman–Crippen LogP) is 0.463. The maximum Gasteiger partial charge on any atom is 0.228 e. The second-order valence-corrected chi connectivity index (χ2v) is 6.75. The number of sulfonamides is 1. The third-order valence-electron chi connectivity index (χ3n) is 3.21. The van der Waals surface area contributed by atoms with Crippen molar-refractivity contribution in [2.45, 2.75) is 19.2 Å². The Kier molecular flexibility index (Phi) is 6.13. The predicted molar refractivity (Wildman–Crippen MR) is 82.0 cm³/mol. The zero-order chi connectivity index (χ0) is 15.1. The van der Waals surface area contributed by atoms with Crippen LogP contribution in [0.2, 0.25) is 0 Å². The highest BCUT2D eigenvalue weighted by atomic mass is 32.2. The van der Waals surface area contributed by atoms with Gasteiger partial charge in [-0.3, -0.25) is 0 Å². The number of rotatable bonds is 7. The molecule has 0 bridgehead atoms. The molecule has 1 aliphatic rings. The molecule has 6 nitrogen and oxygen atoms in total. The average molecular weight is 313 g/mol. The van der Waals surface area contributed by atoms with E-state index in [-0.39, 0.29) is 5.75 Å². The summed E-state index contributed by atoms with van der Waals surface area (Å²) in [6.07, 6.45) is 0. The second kappa shape index (κ2) is 7.86. The highest BCUT2D eigenvalue weighted by Gasteiger charge is 2.18. The Morgan fingerprint density at radius 2 is 1.95 bits per heavy atom. The smallest absolute Gasteiger partial charge is 0.228 e. The molecule has 1 fully saturated rings. The van der Waals surface area contributed by atoms with Gasteiger partial charge in [-0.2, -0.15) is 0 Å². The standard InChI is InChI=1S/C14H23N3O3S/c1-2-15-11-13-4-3-5-14(10-13)12-21(18,19)16-17-6-8-20-9-7-17/h3-5,10,15-16H,2,6-9,11-12H2,1H3. The third kappa shape index (κ3) is 5.72. The number of hydrogen-bond acceptors (Lipinski definition) is 5. The van der Waals surface area contributed by atoms with E-state index in [4.69, 9.17) is 4.74 Å². The molecule has 0 aliphatic carbocycles. The highest BCUT2D eigenvalue weighted by molar-refractivity contribution is 7.88. The molecule has 1 saturated heterocycles. The van der Waals surface area contributed by atoms with Gasteiger partial charge < -0.3 is 10.1 Å². The van der Waals surface area contributed by atoms with Crippen LogP contribution < -0.4 is 10.1 Å². The van der Waals surface area contributed by atoms with Crippen LogP contribution in [0.15, 0.2) is 24.3 Å². The van der Waals surface area contributed by atoms with Crippen molar-refractivity contribution in [1.82, 2.24) is 15.2 Å². The first-order valence-electron chi connectivity index (χ1n) is 7.20. The summed E-state index contributed by atoms with van der Waals surface area (Å²) < 4.78 is 29.6. The lowest BCUT2D eigenvalue weighted by Gasteiger charge is -2.26. The van der Waals surface area contributed by atoms with E-state index in [1.807, 2.05) is 31.2 Å². The van der Waals surface area contributed by atoms with Crippen molar-refractivity contribution in [1.29, 1.82) is 0 Å². The van der Waals surface area contributed by atoms with Crippen LogP contribution in [0.1, 0.15) is 18.1 Å². The number of hydrogen-bond donors (Lipinski definition) is 2. The molecule has 0 atom stereocenters. The van der Waals surface area contributed by atoms with E-state index in [0.29, 0.717) is 26.3 Å². The number of benzene rings is 1. The van der Waals surface area contributed by atoms with Crippen molar-refractivity contribution in [3.8, 4) is 0 Å². The Hall–Kier alpha value is -0.990. The van der Waals surface area contributed by atoms with Crippen LogP contribution in [0.25, 0.3) is 0 Å². The molecule has 1 aromatic rings. The Morgan fingerprint density at radius 1 is 1.24 bits per heavy atom. The fourth-order valence-corrected chi connectivity index (χ4v) is 3.46. The van der Waals surface area contributed by atoms with E-state index in [2.05, 4.69) is 10.1 Å². The molecule has 0 amide bonds. The fourth-order valence-electron chi connectivity index (χ4n) is 2.20. The van der Waals surface area contributed by atoms with Crippen LogP contribution in [0.5, 0.6) is 0 Å². The zero-order valence-corrected chi connectivity index (χ0v) is 13.2. The molecule has 0 radical (unpaired) electrons. The summed E-state index contributed by atoms with van der Waals surface area (Å²) in [5.41, 5.74) is 1.89. The molecule has 7 heteroatoms. The van der Waals surface area contributed by atoms with Gasteiger partial charge in [-0.25, -0.2) is 13.4 Å². The summed E-state index contributed by atoms with van der Waals surface area (Å²) in [5, 5.41) is 4.93. The van der Waals surface area contributed by atoms with Gasteiger partial charge in [0.1, 0.15) is 0 Å². The first kappa shape index (κ1) is 16.4. The Balaban J connectivity index is 1.95. The molecule has 0 spiro atoms. The van der Waals surface area contributed by atoms with E-state index < -0.39 is 10.0 Å². The average Bonchev–Trinajstić information content (AvgIpc) is 2.45. The lowest BCUT2D eigenvalue weighted by atomic mass is 10.1. The lowest BCUT2D eigenvalue weighted by Crippen LogP contribution is -2.48. The number of morpholine rings is 1. The van der Waals surface area contributed by atoms with Gasteiger partial charge in [0, 0.05) is 19.6 Å². The summed E-state index contributed by atoms with van der Waals surface area (Å²) in [6, 6.07) is 7.66. The van der Waals surface area contributed by atoms with Gasteiger partial charge in [0.25, 0.3) is 0 Å². The highest BCUT2D eigenvalue weighted by Crippen LogP contribution is 2.09. The maximum absolute atomic E-state index is 12.2. The largest absolute Gasteiger partial charge is 0.379 e. The molecule has 1 aromatic carbocycles. The molecular formula is C14H23N3O3S. The van der Waals surface area contributed by atoms with Crippen molar-refractivity contribution in [2.24, 2.45) is 0 Å². The first-order valence-corrected chi connectivity index (χ1v) is 8.85. The maximum atomic E-state index is 12.2. The van der Waals surface area contributed by atoms with Crippen LogP contribution in [-0.2, 0) is 27.1 Å². The fraction of sp³-hybridized carbons (Fsp3) is 0.571. The molecule has 0 saturated carbocycles. The Morgan fingerprint density at radius 3 is 2.67 bits per heavy atom. The molecule has 0 unspecified atom stereocenters. The van der Waals surface area contributed by atoms with Gasteiger partial charge in [0.2, 0.25) is 10.0 Å². The monoisotopic (exact) mass is 313 g/mol. The van der Waals surface area contributed by atoms with E-state index in [1.54, 1.807) is 5.01 Å². The van der Waals surface area contributed by atoms with Gasteiger partial charge in [0.15, 0.2) is 0 Å². The minimum atomic E-state index is -3.37. The zero-order valence-electron chi connectivity index (χ0n) is 12.3. The summed E-state index contributed by atoms with van der Waals surface area (Å²) in [4.78, 5) is 2.62. The molecule has 1 heterocycles. The molecule has 21 heavy (non-hydrogen) atoms. The van der Waals surface area contributed by atoms with Gasteiger partial charge in [-0.05, 0) is 17.7 Å². The number of nitrogens with one attached hydrogen (secondary N) is 2. The summed E-state index contributed by atoms with van der Waals surface area (Å²) in [7, 11) is -3.37. The van der Waals surface area contributed by atoms with E-state index in [0.717, 1.165) is 24.2 Å². The van der Waals surface area contributed by atoms with Crippen molar-refractivity contribution in [3.05, 3.63) is 35.4 Å². The van der Waals surface area contributed by atoms with Gasteiger partial charge in [-0.15, -0.1) is 4.83 Å². The summed E-state index contributed by atoms with van der Waals surface area (Å²) >= 11 is 0. The molecule has 2 rings (SSSR count). The number of nitrogens with zero attached hydrogens (tertiary/aromatic N) is 1. The van der Waals surface area contributed by atoms with Crippen molar-refractivity contribution < 1.29 is 13.2 Å². The normalized spacial score (nSPS) is 17.0. The lowest BCUT2D eigenvalue weighted by molar-refractivity contribution is 0.0272. The van der Waals surface area contributed by atoms with Crippen LogP contribution in [0, 0.1) is 0 Å². The number of hydrazine groups is 1. The molecule has 0 aromatic heterocycles. The molecule has 1 aliphatic heterocycles. The van der Waals surface area contributed by atoms with Crippen molar-refractivity contribution >= 4 is 10.0 Å². The summed E-state index contributed by atoms with van der Waals surface area (Å²) in [5.74, 6) is -0.00960. The van der Waals surface area contributed by atoms with Gasteiger partial charge in [0.05, 0.1) is 19.0 Å². The molecule has 2 N–H and O–H groups in total. The minimum absolute atomic E-state index is 0.00960. The van der Waals surface area contributed by atoms with Crippen LogP contribution in [-0.4, -0.2) is 46.3 Å². The quantitative estimate of drug-likeness (QED) is 0.765. The summed E-state index contributed by atoms with van der Waals surface area (Å²) in [6.45, 7) is 5.96. The third-order valence-corrected chi connectivity index (χ3v) is 4.46. The van der Waals surface area contributed by atoms with Gasteiger partial charge >= 0.3 is 0 Å². The van der Waals surface area contributed by atoms with Crippen LogP contribution in [0.4, 0.5) is 0 Å². The Labute approximate surface area is 126 Å². The SMILES string of the molecule is CCNCc1cccc(CS(=O)(=O)NN2CCOCC2)c1. The van der Waals surface area contributed by atoms with Crippen LogP contribution >= 0.6 is 0 Å². The number of ether oxygens (including phenoxy) is 1. The van der Waals surface area contributed by atoms with E-state index in [9.17, 15) is 8.42 Å². The van der Waals surface area contributed by atoms with Gasteiger partial charge in [-0.1, -0.05) is 31.2 Å². The van der Waals surface area contributed by atoms with E-state index >= 15 is 0 Å². The Bertz CT molecular complexity index is 542. The first-order chi connectivity index (χ1) is 10.1. The van der Waals surface area contributed by atoms with E-state index in [1.165, 1.54) is 0 Å². The topological polar surface area (TPSA) is 70.7 Å². The van der Waals surface area contributed by atoms with Crippen LogP contribution in [0.3, 0.4) is 0 Å². The molecular weight excluding hydrogens is 290 g/mol. The minimum Gasteiger partial charge on any atom is -0.379 e. The van der Waals surface area contributed by atoms with Crippen molar-refractivity contribution in [2.75, 3.05) is 32.8 Å². The van der Waals surface area contributed by atoms with Crippen molar-refractivity contribution in [3.63, 3.8) is 0 Å².